The Morgan fingerprint density at radius 1 is 0.654 bits per heavy atom. The highest BCUT2D eigenvalue weighted by Gasteiger charge is 2.17. The Bertz CT molecular complexity index is 1700. The summed E-state index contributed by atoms with van der Waals surface area (Å²) < 4.78 is 22.7. The molecule has 0 fully saturated rings. The lowest BCUT2D eigenvalue weighted by atomic mass is 10.0. The van der Waals surface area contributed by atoms with Crippen LogP contribution in [-0.2, 0) is 35.9 Å². The third kappa shape index (κ3) is 11.7. The lowest BCUT2D eigenvalue weighted by molar-refractivity contribution is -0.140. The molecule has 0 amide bonds. The zero-order valence-electron chi connectivity index (χ0n) is 28.5. The van der Waals surface area contributed by atoms with Crippen LogP contribution < -0.4 is 29.6 Å². The Hall–Kier alpha value is -4.70. The van der Waals surface area contributed by atoms with Gasteiger partial charge in [0.25, 0.3) is 0 Å². The Kier molecular flexibility index (Phi) is 15.2. The van der Waals surface area contributed by atoms with Crippen LogP contribution in [0.2, 0.25) is 10.0 Å². The largest absolute Gasteiger partial charge is 0.481 e. The van der Waals surface area contributed by atoms with Gasteiger partial charge < -0.3 is 50.0 Å². The number of halogens is 2. The molecule has 4 aromatic rings. The van der Waals surface area contributed by atoms with Crippen LogP contribution in [-0.4, -0.2) is 81.8 Å². The third-order valence-corrected chi connectivity index (χ3v) is 8.52. The van der Waals surface area contributed by atoms with E-state index in [4.69, 9.17) is 52.4 Å². The van der Waals surface area contributed by atoms with Gasteiger partial charge in [0.1, 0.15) is 13.2 Å². The van der Waals surface area contributed by atoms with Crippen LogP contribution in [0.3, 0.4) is 0 Å². The number of nitrogens with zero attached hydrogens (tertiary/aromatic N) is 2. The molecule has 0 radical (unpaired) electrons. The zero-order chi connectivity index (χ0) is 37.6. The van der Waals surface area contributed by atoms with Crippen LogP contribution in [0, 0.1) is 0 Å². The van der Waals surface area contributed by atoms with E-state index in [1.807, 2.05) is 36.4 Å². The topological polar surface area (TPSA) is 202 Å². The number of aliphatic hydroxyl groups excluding tert-OH is 2. The summed E-state index contributed by atoms with van der Waals surface area (Å²) in [7, 11) is 2.95. The van der Waals surface area contributed by atoms with Crippen molar-refractivity contribution in [3.8, 4) is 34.6 Å². The molecule has 0 aliphatic rings. The van der Waals surface area contributed by atoms with E-state index in [0.717, 1.165) is 0 Å². The van der Waals surface area contributed by atoms with Crippen molar-refractivity contribution in [3.05, 3.63) is 93.0 Å². The summed E-state index contributed by atoms with van der Waals surface area (Å²) in [5.41, 5.74) is 4.16. The summed E-state index contributed by atoms with van der Waals surface area (Å²) in [4.78, 5) is 30.3. The number of hydrogen-bond donors (Lipinski definition) is 6. The molecule has 0 unspecified atom stereocenters. The molecule has 2 heterocycles. The lowest BCUT2D eigenvalue weighted by Gasteiger charge is -2.15. The van der Waals surface area contributed by atoms with E-state index in [1.54, 1.807) is 24.3 Å². The standard InChI is InChI=1S/C36H40Cl2N4O10/c1-49-35-21(15-39-17-25(43)13-31(45)46)9-11-29(41-35)51-19-23-5-3-7-27(33(23)37)28-8-4-6-24(34(28)38)20-52-30-12-10-22(36(42-30)50-2)16-40-18-26(44)14-32(47)48/h3-12,25-26,39-40,43-44H,13-20H2,1-2H3,(H,45,46)(H,47,48)/t25-,26-/m0/s1. The second kappa shape index (κ2) is 19.8. The highest BCUT2D eigenvalue weighted by atomic mass is 35.5. The maximum absolute atomic E-state index is 10.8. The maximum atomic E-state index is 10.8. The van der Waals surface area contributed by atoms with E-state index in [2.05, 4.69) is 20.6 Å². The first-order chi connectivity index (χ1) is 25.0. The number of aliphatic carboxylic acids is 2. The van der Waals surface area contributed by atoms with Gasteiger partial charge in [-0.05, 0) is 12.1 Å². The van der Waals surface area contributed by atoms with Crippen molar-refractivity contribution in [2.24, 2.45) is 0 Å². The second-order valence-electron chi connectivity index (χ2n) is 11.5. The molecule has 6 N–H and O–H groups in total. The summed E-state index contributed by atoms with van der Waals surface area (Å²) in [6, 6.07) is 18.0. The number of methoxy groups -OCH3 is 2. The van der Waals surface area contributed by atoms with Gasteiger partial charge in [-0.3, -0.25) is 9.59 Å². The number of nitrogens with one attached hydrogen (secondary N) is 2. The monoisotopic (exact) mass is 758 g/mol. The molecule has 0 spiro atoms. The third-order valence-electron chi connectivity index (χ3n) is 7.62. The number of carboxylic acid groups (broad SMARTS) is 2. The summed E-state index contributed by atoms with van der Waals surface area (Å²) in [6.07, 6.45) is -2.76. The fourth-order valence-electron chi connectivity index (χ4n) is 5.08. The van der Waals surface area contributed by atoms with Gasteiger partial charge in [-0.2, -0.15) is 9.97 Å². The van der Waals surface area contributed by atoms with E-state index < -0.39 is 24.1 Å². The summed E-state index contributed by atoms with van der Waals surface area (Å²) >= 11 is 13.8. The average Bonchev–Trinajstić information content (AvgIpc) is 3.11. The van der Waals surface area contributed by atoms with Crippen molar-refractivity contribution in [2.75, 3.05) is 27.3 Å². The minimum absolute atomic E-state index is 0.0925. The van der Waals surface area contributed by atoms with Crippen LogP contribution in [0.5, 0.6) is 23.5 Å². The number of benzene rings is 2. The Morgan fingerprint density at radius 2 is 1.06 bits per heavy atom. The Labute approximate surface area is 310 Å². The first-order valence-electron chi connectivity index (χ1n) is 16.1. The molecule has 2 aromatic heterocycles. The number of hydrogen-bond acceptors (Lipinski definition) is 12. The van der Waals surface area contributed by atoms with Gasteiger partial charge in [0.05, 0.1) is 49.3 Å². The molecule has 14 nitrogen and oxygen atoms in total. The van der Waals surface area contributed by atoms with E-state index >= 15 is 0 Å². The van der Waals surface area contributed by atoms with Crippen molar-refractivity contribution >= 4 is 35.1 Å². The first kappa shape index (κ1) is 40.1. The van der Waals surface area contributed by atoms with Crippen molar-refractivity contribution in [1.82, 2.24) is 20.6 Å². The Balaban J connectivity index is 1.39. The van der Waals surface area contributed by atoms with Gasteiger partial charge in [-0.1, -0.05) is 59.6 Å². The van der Waals surface area contributed by atoms with Crippen LogP contribution in [0.4, 0.5) is 0 Å². The molecule has 0 bridgehead atoms. The molecule has 4 rings (SSSR count). The maximum Gasteiger partial charge on any atom is 0.306 e. The smallest absolute Gasteiger partial charge is 0.306 e. The number of aromatic nitrogens is 2. The summed E-state index contributed by atoms with van der Waals surface area (Å²) in [5, 5.41) is 44.0. The molecule has 2 aromatic carbocycles. The molecule has 52 heavy (non-hydrogen) atoms. The molecule has 0 saturated carbocycles. The Morgan fingerprint density at radius 3 is 1.42 bits per heavy atom. The molecule has 0 saturated heterocycles. The highest BCUT2D eigenvalue weighted by Crippen LogP contribution is 2.37. The van der Waals surface area contributed by atoms with Crippen molar-refractivity contribution in [2.45, 2.75) is 51.4 Å². The normalized spacial score (nSPS) is 12.2. The fraction of sp³-hybridized carbons (Fsp3) is 0.333. The molecule has 2 atom stereocenters. The van der Waals surface area contributed by atoms with Gasteiger partial charge in [-0.25, -0.2) is 0 Å². The number of ether oxygens (including phenoxy) is 4. The number of pyridine rings is 2. The molecule has 0 aliphatic carbocycles. The summed E-state index contributed by atoms with van der Waals surface area (Å²) in [5.74, 6) is -0.927. The number of carboxylic acids is 2. The van der Waals surface area contributed by atoms with Gasteiger partial charge in [-0.15, -0.1) is 0 Å². The SMILES string of the molecule is COc1nc(OCc2cccc(-c3cccc(COc4ccc(CNC[C@@H](O)CC(=O)O)c(OC)n4)c3Cl)c2Cl)ccc1CNC[C@@H](O)CC(=O)O. The van der Waals surface area contributed by atoms with Crippen molar-refractivity contribution in [3.63, 3.8) is 0 Å². The van der Waals surface area contributed by atoms with Gasteiger partial charge in [0.15, 0.2) is 0 Å². The van der Waals surface area contributed by atoms with E-state index in [-0.39, 0.29) is 39.1 Å². The molecule has 0 aliphatic heterocycles. The molecule has 278 valence electrons. The van der Waals surface area contributed by atoms with Crippen molar-refractivity contribution in [1.29, 1.82) is 0 Å². The number of carbonyl (C=O) groups is 2. The van der Waals surface area contributed by atoms with Gasteiger partial charge in [0.2, 0.25) is 23.5 Å². The van der Waals surface area contributed by atoms with Crippen LogP contribution in [0.25, 0.3) is 11.1 Å². The van der Waals surface area contributed by atoms with Gasteiger partial charge in [0, 0.05) is 71.7 Å². The molecular formula is C36H40Cl2N4O10. The van der Waals surface area contributed by atoms with Crippen LogP contribution >= 0.6 is 23.2 Å². The van der Waals surface area contributed by atoms with Crippen LogP contribution in [0.15, 0.2) is 60.7 Å². The van der Waals surface area contributed by atoms with Crippen molar-refractivity contribution < 1.29 is 49.0 Å². The van der Waals surface area contributed by atoms with Gasteiger partial charge >= 0.3 is 11.9 Å². The number of rotatable bonds is 21. The molecule has 16 heteroatoms. The average molecular weight is 760 g/mol. The van der Waals surface area contributed by atoms with Crippen LogP contribution in [0.1, 0.15) is 35.1 Å². The summed E-state index contributed by atoms with van der Waals surface area (Å²) in [6.45, 7) is 0.983. The predicted octanol–water partition coefficient (Wildman–Crippen LogP) is 4.48. The second-order valence-corrected chi connectivity index (χ2v) is 12.3. The minimum atomic E-state index is -1.08. The molecular weight excluding hydrogens is 719 g/mol. The quantitative estimate of drug-likeness (QED) is 0.0695. The van der Waals surface area contributed by atoms with E-state index in [0.29, 0.717) is 80.0 Å². The minimum Gasteiger partial charge on any atom is -0.481 e. The number of aliphatic hydroxyl groups is 2. The van der Waals surface area contributed by atoms with E-state index in [9.17, 15) is 19.8 Å². The highest BCUT2D eigenvalue weighted by molar-refractivity contribution is 6.37. The first-order valence-corrected chi connectivity index (χ1v) is 16.8. The predicted molar refractivity (Wildman–Crippen MR) is 192 cm³/mol. The lowest BCUT2D eigenvalue weighted by Crippen LogP contribution is -2.28. The zero-order valence-corrected chi connectivity index (χ0v) is 30.0. The van der Waals surface area contributed by atoms with E-state index in [1.165, 1.54) is 14.2 Å². The fourth-order valence-corrected chi connectivity index (χ4v) is 5.65.